The van der Waals surface area contributed by atoms with E-state index in [-0.39, 0.29) is 0 Å². The summed E-state index contributed by atoms with van der Waals surface area (Å²) < 4.78 is 2.20. The first-order valence-corrected chi connectivity index (χ1v) is 11.7. The molecule has 1 nitrogen and oxygen atoms in total. The van der Waals surface area contributed by atoms with Crippen LogP contribution in [0.25, 0.3) is 10.9 Å². The zero-order valence-corrected chi connectivity index (χ0v) is 18.0. The normalized spacial score (nSPS) is 11.3. The average molecular weight is 369 g/mol. The minimum absolute atomic E-state index is 1.23. The van der Waals surface area contributed by atoms with Crippen molar-refractivity contribution in [1.82, 2.24) is 0 Å². The van der Waals surface area contributed by atoms with E-state index >= 15 is 0 Å². The first-order chi connectivity index (χ1) is 13.3. The number of fused-ring (bicyclic) bond motifs is 1. The highest BCUT2D eigenvalue weighted by Gasteiger charge is 2.04. The fourth-order valence-corrected chi connectivity index (χ4v) is 4.09. The predicted octanol–water partition coefficient (Wildman–Crippen LogP) is 7.69. The van der Waals surface area contributed by atoms with E-state index in [1.807, 2.05) is 0 Å². The van der Waals surface area contributed by atoms with Crippen LogP contribution < -0.4 is 4.57 Å². The maximum absolute atomic E-state index is 2.37. The molecule has 1 heteroatoms. The van der Waals surface area contributed by atoms with Crippen molar-refractivity contribution in [1.29, 1.82) is 0 Å². The van der Waals surface area contributed by atoms with Crippen LogP contribution in [0.2, 0.25) is 0 Å². The van der Waals surface area contributed by atoms with Gasteiger partial charge in [0, 0.05) is 17.5 Å². The molecule has 1 aromatic heterocycles. The Morgan fingerprint density at radius 2 is 1.22 bits per heavy atom. The van der Waals surface area contributed by atoms with Crippen LogP contribution in [0.5, 0.6) is 0 Å². The molecule has 0 atom stereocenters. The van der Waals surface area contributed by atoms with Gasteiger partial charge in [0.2, 0.25) is 5.52 Å². The summed E-state index contributed by atoms with van der Waals surface area (Å²) in [6, 6.07) is 11.3. The fraction of sp³-hybridized carbons (Fsp3) is 0.654. The Bertz CT molecular complexity index is 631. The van der Waals surface area contributed by atoms with Gasteiger partial charge >= 0.3 is 0 Å². The summed E-state index contributed by atoms with van der Waals surface area (Å²) in [5.41, 5.74) is 2.81. The minimum atomic E-state index is 1.23. The van der Waals surface area contributed by atoms with Gasteiger partial charge in [0.1, 0.15) is 7.05 Å². The largest absolute Gasteiger partial charge is 0.212 e. The predicted molar refractivity (Wildman–Crippen MR) is 119 cm³/mol. The molecule has 0 spiro atoms. The Kier molecular flexibility index (Phi) is 11.2. The number of benzene rings is 1. The number of rotatable bonds is 15. The lowest BCUT2D eigenvalue weighted by Crippen LogP contribution is -2.27. The van der Waals surface area contributed by atoms with Crippen molar-refractivity contribution in [3.05, 3.63) is 42.1 Å². The number of hydrogen-bond acceptors (Lipinski definition) is 0. The monoisotopic (exact) mass is 368 g/mol. The van der Waals surface area contributed by atoms with Gasteiger partial charge in [0.05, 0.1) is 0 Å². The molecule has 0 aliphatic carbocycles. The molecule has 0 unspecified atom stereocenters. The Balaban J connectivity index is 1.44. The molecule has 2 aromatic rings. The van der Waals surface area contributed by atoms with Gasteiger partial charge in [-0.2, -0.15) is 0 Å². The van der Waals surface area contributed by atoms with Crippen LogP contribution in [0.15, 0.2) is 36.5 Å². The molecule has 0 bridgehead atoms. The Hall–Kier alpha value is -1.37. The highest BCUT2D eigenvalue weighted by Crippen LogP contribution is 2.16. The van der Waals surface area contributed by atoms with Crippen LogP contribution in [-0.2, 0) is 13.5 Å². The summed E-state index contributed by atoms with van der Waals surface area (Å²) in [6.45, 7) is 2.30. The zero-order valence-electron chi connectivity index (χ0n) is 18.0. The van der Waals surface area contributed by atoms with Gasteiger partial charge in [-0.1, -0.05) is 96.5 Å². The smallest absolute Gasteiger partial charge is 0.201 e. The maximum Gasteiger partial charge on any atom is 0.212 e. The summed E-state index contributed by atoms with van der Waals surface area (Å²) in [7, 11) is 2.12. The SMILES string of the molecule is CCCCCCCCCCCCCCCCc1ccc2c(ccc[n+]2C)c1. The van der Waals surface area contributed by atoms with Crippen LogP contribution in [-0.4, -0.2) is 0 Å². The lowest BCUT2D eigenvalue weighted by molar-refractivity contribution is -0.644. The van der Waals surface area contributed by atoms with Gasteiger partial charge in [-0.25, -0.2) is 4.57 Å². The minimum Gasteiger partial charge on any atom is -0.201 e. The molecular weight excluding hydrogens is 326 g/mol. The van der Waals surface area contributed by atoms with Crippen LogP contribution in [0.1, 0.15) is 102 Å². The number of hydrogen-bond donors (Lipinski definition) is 0. The highest BCUT2D eigenvalue weighted by molar-refractivity contribution is 5.76. The zero-order chi connectivity index (χ0) is 19.2. The van der Waals surface area contributed by atoms with E-state index in [0.717, 1.165) is 0 Å². The van der Waals surface area contributed by atoms with E-state index in [4.69, 9.17) is 0 Å². The second-order valence-electron chi connectivity index (χ2n) is 8.36. The molecule has 0 saturated carbocycles. The third-order valence-corrected chi connectivity index (χ3v) is 5.88. The van der Waals surface area contributed by atoms with Crippen molar-refractivity contribution in [2.24, 2.45) is 7.05 Å². The van der Waals surface area contributed by atoms with Crippen LogP contribution in [0, 0.1) is 0 Å². The van der Waals surface area contributed by atoms with Gasteiger partial charge in [0.25, 0.3) is 0 Å². The standard InChI is InChI=1S/C26H42N/c1-3-4-5-6-7-8-9-10-11-12-13-14-15-16-18-24-20-21-26-25(23-24)19-17-22-27(26)2/h17,19-23H,3-16,18H2,1-2H3/q+1. The highest BCUT2D eigenvalue weighted by atomic mass is 14.9. The molecule has 0 amide bonds. The third kappa shape index (κ3) is 8.91. The Labute approximate surface area is 168 Å². The van der Waals surface area contributed by atoms with E-state index in [2.05, 4.69) is 55.1 Å². The van der Waals surface area contributed by atoms with Crippen molar-refractivity contribution >= 4 is 10.9 Å². The van der Waals surface area contributed by atoms with E-state index in [1.54, 1.807) is 0 Å². The number of aryl methyl sites for hydroxylation is 2. The summed E-state index contributed by atoms with van der Waals surface area (Å²) >= 11 is 0. The number of aromatic nitrogens is 1. The fourth-order valence-electron chi connectivity index (χ4n) is 4.09. The van der Waals surface area contributed by atoms with Crippen molar-refractivity contribution in [3.63, 3.8) is 0 Å². The van der Waals surface area contributed by atoms with Gasteiger partial charge in [0.15, 0.2) is 6.20 Å². The second kappa shape index (κ2) is 13.7. The number of pyridine rings is 1. The topological polar surface area (TPSA) is 3.88 Å². The Morgan fingerprint density at radius 1 is 0.667 bits per heavy atom. The van der Waals surface area contributed by atoms with Crippen molar-refractivity contribution in [3.8, 4) is 0 Å². The van der Waals surface area contributed by atoms with E-state index in [0.29, 0.717) is 0 Å². The summed E-state index contributed by atoms with van der Waals surface area (Å²) in [6.07, 6.45) is 23.4. The van der Waals surface area contributed by atoms with Gasteiger partial charge in [-0.15, -0.1) is 0 Å². The molecule has 2 rings (SSSR count). The molecule has 27 heavy (non-hydrogen) atoms. The first-order valence-electron chi connectivity index (χ1n) is 11.7. The molecular formula is C26H42N+. The molecule has 0 N–H and O–H groups in total. The summed E-state index contributed by atoms with van der Waals surface area (Å²) in [5, 5.41) is 1.36. The first kappa shape index (κ1) is 21.9. The molecule has 0 radical (unpaired) electrons. The van der Waals surface area contributed by atoms with Crippen molar-refractivity contribution < 1.29 is 4.57 Å². The molecule has 150 valence electrons. The lowest BCUT2D eigenvalue weighted by atomic mass is 10.0. The van der Waals surface area contributed by atoms with E-state index in [9.17, 15) is 0 Å². The molecule has 0 aliphatic rings. The molecule has 0 aliphatic heterocycles. The lowest BCUT2D eigenvalue weighted by Gasteiger charge is -2.04. The van der Waals surface area contributed by atoms with Crippen molar-refractivity contribution in [2.45, 2.75) is 103 Å². The second-order valence-corrected chi connectivity index (χ2v) is 8.36. The molecule has 1 heterocycles. The van der Waals surface area contributed by atoms with Crippen LogP contribution >= 0.6 is 0 Å². The summed E-state index contributed by atoms with van der Waals surface area (Å²) in [5.74, 6) is 0. The van der Waals surface area contributed by atoms with E-state index < -0.39 is 0 Å². The quantitative estimate of drug-likeness (QED) is 0.224. The average Bonchev–Trinajstić information content (AvgIpc) is 2.68. The Morgan fingerprint density at radius 3 is 1.81 bits per heavy atom. The number of unbranched alkanes of at least 4 members (excludes halogenated alkanes) is 13. The van der Waals surface area contributed by atoms with Gasteiger partial charge < -0.3 is 0 Å². The van der Waals surface area contributed by atoms with Crippen LogP contribution in [0.3, 0.4) is 0 Å². The molecule has 0 fully saturated rings. The van der Waals surface area contributed by atoms with E-state index in [1.165, 1.54) is 113 Å². The van der Waals surface area contributed by atoms with Gasteiger partial charge in [-0.05, 0) is 30.5 Å². The third-order valence-electron chi connectivity index (χ3n) is 5.88. The molecule has 1 aromatic carbocycles. The summed E-state index contributed by atoms with van der Waals surface area (Å²) in [4.78, 5) is 0. The van der Waals surface area contributed by atoms with Crippen LogP contribution in [0.4, 0.5) is 0 Å². The number of nitrogens with zero attached hydrogens (tertiary/aromatic N) is 1. The maximum atomic E-state index is 2.37. The van der Waals surface area contributed by atoms with Crippen molar-refractivity contribution in [2.75, 3.05) is 0 Å². The van der Waals surface area contributed by atoms with Gasteiger partial charge in [-0.3, -0.25) is 0 Å². The molecule has 0 saturated heterocycles.